The van der Waals surface area contributed by atoms with Gasteiger partial charge in [-0.25, -0.2) is 0 Å². The van der Waals surface area contributed by atoms with Crippen LogP contribution in [0.4, 0.5) is 0 Å². The maximum absolute atomic E-state index is 11.3. The zero-order valence-corrected chi connectivity index (χ0v) is 19.9. The van der Waals surface area contributed by atoms with Crippen LogP contribution in [0.25, 0.3) is 0 Å². The largest absolute Gasteiger partial charge is 0.393 e. The Labute approximate surface area is 180 Å². The Morgan fingerprint density at radius 3 is 2.28 bits per heavy atom. The van der Waals surface area contributed by atoms with Crippen molar-refractivity contribution < 1.29 is 10.2 Å². The summed E-state index contributed by atoms with van der Waals surface area (Å²) in [5, 5.41) is 21.5. The quantitative estimate of drug-likeness (QED) is 0.553. The van der Waals surface area contributed by atoms with Gasteiger partial charge in [0.1, 0.15) is 0 Å². The summed E-state index contributed by atoms with van der Waals surface area (Å²) in [6.07, 6.45) is 13.5. The van der Waals surface area contributed by atoms with E-state index < -0.39 is 0 Å². The lowest BCUT2D eigenvalue weighted by molar-refractivity contribution is -0.130. The summed E-state index contributed by atoms with van der Waals surface area (Å²) >= 11 is 0. The predicted molar refractivity (Wildman–Crippen MR) is 120 cm³/mol. The molecule has 0 aliphatic heterocycles. The lowest BCUT2D eigenvalue weighted by Gasteiger charge is -2.61. The van der Waals surface area contributed by atoms with E-state index in [1.165, 1.54) is 51.4 Å². The SMILES string of the molecule is CC(C)CCCC(C)C1C(O)CC2C3CCC4CC(O)CCC4(C)C3CCC21C. The highest BCUT2D eigenvalue weighted by Gasteiger charge is 2.62. The molecular weight excluding hydrogens is 356 g/mol. The van der Waals surface area contributed by atoms with Crippen LogP contribution >= 0.6 is 0 Å². The Morgan fingerprint density at radius 2 is 1.55 bits per heavy atom. The summed E-state index contributed by atoms with van der Waals surface area (Å²) in [7, 11) is 0. The van der Waals surface area contributed by atoms with Crippen LogP contribution in [0, 0.1) is 52.3 Å². The molecule has 0 aromatic carbocycles. The first-order valence-corrected chi connectivity index (χ1v) is 13.0. The average molecular weight is 405 g/mol. The van der Waals surface area contributed by atoms with E-state index in [1.807, 2.05) is 0 Å². The van der Waals surface area contributed by atoms with E-state index in [-0.39, 0.29) is 12.2 Å². The van der Waals surface area contributed by atoms with E-state index in [9.17, 15) is 10.2 Å². The smallest absolute Gasteiger partial charge is 0.0579 e. The number of hydrogen-bond donors (Lipinski definition) is 2. The number of aliphatic hydroxyl groups excluding tert-OH is 2. The van der Waals surface area contributed by atoms with Gasteiger partial charge in [0.05, 0.1) is 12.2 Å². The first-order chi connectivity index (χ1) is 13.7. The first kappa shape index (κ1) is 22.1. The summed E-state index contributed by atoms with van der Waals surface area (Å²) < 4.78 is 0. The van der Waals surface area contributed by atoms with E-state index >= 15 is 0 Å². The van der Waals surface area contributed by atoms with Gasteiger partial charge in [-0.05, 0) is 104 Å². The maximum atomic E-state index is 11.3. The van der Waals surface area contributed by atoms with Crippen LogP contribution in [0.3, 0.4) is 0 Å². The van der Waals surface area contributed by atoms with Crippen molar-refractivity contribution in [2.75, 3.05) is 0 Å². The van der Waals surface area contributed by atoms with Gasteiger partial charge in [0.2, 0.25) is 0 Å². The van der Waals surface area contributed by atoms with Crippen molar-refractivity contribution in [3.05, 3.63) is 0 Å². The number of fused-ring (bicyclic) bond motifs is 5. The van der Waals surface area contributed by atoms with Crippen molar-refractivity contribution in [3.63, 3.8) is 0 Å². The molecule has 0 radical (unpaired) electrons. The summed E-state index contributed by atoms with van der Waals surface area (Å²) in [6.45, 7) is 12.2. The van der Waals surface area contributed by atoms with Crippen LogP contribution in [-0.4, -0.2) is 22.4 Å². The van der Waals surface area contributed by atoms with Crippen molar-refractivity contribution in [3.8, 4) is 0 Å². The van der Waals surface area contributed by atoms with Crippen LogP contribution in [0.2, 0.25) is 0 Å². The first-order valence-electron chi connectivity index (χ1n) is 13.0. The fourth-order valence-corrected chi connectivity index (χ4v) is 9.34. The Morgan fingerprint density at radius 1 is 0.828 bits per heavy atom. The van der Waals surface area contributed by atoms with Crippen LogP contribution < -0.4 is 0 Å². The normalized spacial score (nSPS) is 50.7. The van der Waals surface area contributed by atoms with E-state index in [1.54, 1.807) is 0 Å². The number of rotatable bonds is 5. The van der Waals surface area contributed by atoms with Gasteiger partial charge in [0.15, 0.2) is 0 Å². The predicted octanol–water partition coefficient (Wildman–Crippen LogP) is 6.44. The minimum Gasteiger partial charge on any atom is -0.393 e. The standard InChI is InChI=1S/C27H48O2/c1-17(2)7-6-8-18(3)25-24(29)16-23-21-10-9-19-15-20(28)11-13-26(19,4)22(21)12-14-27(23,25)5/h17-25,28-29H,6-16H2,1-5H3. The molecule has 0 aromatic rings. The van der Waals surface area contributed by atoms with Gasteiger partial charge in [-0.15, -0.1) is 0 Å². The average Bonchev–Trinajstić information content (AvgIpc) is 2.92. The molecule has 0 aromatic heterocycles. The fourth-order valence-electron chi connectivity index (χ4n) is 9.34. The van der Waals surface area contributed by atoms with Gasteiger partial charge < -0.3 is 10.2 Å². The van der Waals surface area contributed by atoms with E-state index in [4.69, 9.17) is 0 Å². The highest BCUT2D eigenvalue weighted by molar-refractivity contribution is 5.11. The molecule has 0 spiro atoms. The van der Waals surface area contributed by atoms with Crippen molar-refractivity contribution in [2.45, 2.75) is 117 Å². The van der Waals surface area contributed by atoms with Gasteiger partial charge in [0, 0.05) is 0 Å². The molecule has 4 fully saturated rings. The second-order valence-corrected chi connectivity index (χ2v) is 12.8. The molecule has 0 heterocycles. The third-order valence-corrected chi connectivity index (χ3v) is 10.8. The molecule has 10 atom stereocenters. The van der Waals surface area contributed by atoms with E-state index in [2.05, 4.69) is 34.6 Å². The van der Waals surface area contributed by atoms with Crippen LogP contribution in [0.15, 0.2) is 0 Å². The lowest BCUT2D eigenvalue weighted by Crippen LogP contribution is -2.54. The lowest BCUT2D eigenvalue weighted by atomic mass is 9.44. The Bertz CT molecular complexity index is 573. The molecular formula is C27H48O2. The van der Waals surface area contributed by atoms with Gasteiger partial charge in [0.25, 0.3) is 0 Å². The third kappa shape index (κ3) is 3.73. The highest BCUT2D eigenvalue weighted by atomic mass is 16.3. The van der Waals surface area contributed by atoms with E-state index in [0.717, 1.165) is 48.9 Å². The van der Waals surface area contributed by atoms with Crippen LogP contribution in [0.1, 0.15) is 105 Å². The monoisotopic (exact) mass is 404 g/mol. The molecule has 4 saturated carbocycles. The van der Waals surface area contributed by atoms with Crippen LogP contribution in [-0.2, 0) is 0 Å². The maximum Gasteiger partial charge on any atom is 0.0579 e. The van der Waals surface area contributed by atoms with Crippen molar-refractivity contribution in [1.29, 1.82) is 0 Å². The Hall–Kier alpha value is -0.0800. The van der Waals surface area contributed by atoms with Crippen molar-refractivity contribution in [1.82, 2.24) is 0 Å². The summed E-state index contributed by atoms with van der Waals surface area (Å²) in [5.74, 6) is 5.03. The molecule has 4 aliphatic carbocycles. The van der Waals surface area contributed by atoms with Gasteiger partial charge in [-0.3, -0.25) is 0 Å². The van der Waals surface area contributed by atoms with Gasteiger partial charge in [-0.2, -0.15) is 0 Å². The van der Waals surface area contributed by atoms with Gasteiger partial charge in [-0.1, -0.05) is 53.9 Å². The summed E-state index contributed by atoms with van der Waals surface area (Å²) in [4.78, 5) is 0. The molecule has 2 N–H and O–H groups in total. The molecule has 0 bridgehead atoms. The molecule has 168 valence electrons. The fraction of sp³-hybridized carbons (Fsp3) is 1.00. The number of aliphatic hydroxyl groups is 2. The molecule has 2 nitrogen and oxygen atoms in total. The zero-order chi connectivity index (χ0) is 21.0. The molecule has 0 amide bonds. The molecule has 2 heteroatoms. The minimum absolute atomic E-state index is 0.0529. The van der Waals surface area contributed by atoms with Crippen molar-refractivity contribution >= 4 is 0 Å². The second kappa shape index (κ2) is 8.12. The molecule has 4 aliphatic rings. The molecule has 4 rings (SSSR count). The number of hydrogen-bond acceptors (Lipinski definition) is 2. The minimum atomic E-state index is -0.0866. The van der Waals surface area contributed by atoms with Crippen molar-refractivity contribution in [2.24, 2.45) is 52.3 Å². The summed E-state index contributed by atoms with van der Waals surface area (Å²) in [5.41, 5.74) is 0.782. The summed E-state index contributed by atoms with van der Waals surface area (Å²) in [6, 6.07) is 0. The Balaban J connectivity index is 1.50. The zero-order valence-electron chi connectivity index (χ0n) is 19.9. The van der Waals surface area contributed by atoms with Crippen LogP contribution in [0.5, 0.6) is 0 Å². The van der Waals surface area contributed by atoms with Gasteiger partial charge >= 0.3 is 0 Å². The highest BCUT2D eigenvalue weighted by Crippen LogP contribution is 2.68. The molecule has 0 saturated heterocycles. The Kier molecular flexibility index (Phi) is 6.19. The second-order valence-electron chi connectivity index (χ2n) is 12.8. The molecule has 29 heavy (non-hydrogen) atoms. The third-order valence-electron chi connectivity index (χ3n) is 10.8. The topological polar surface area (TPSA) is 40.5 Å². The van der Waals surface area contributed by atoms with E-state index in [0.29, 0.717) is 22.7 Å². The molecule has 10 unspecified atom stereocenters.